The lowest BCUT2D eigenvalue weighted by atomic mass is 10.2. The van der Waals surface area contributed by atoms with E-state index >= 15 is 0 Å². The maximum Gasteiger partial charge on any atom is 0.341 e. The molecule has 0 aromatic heterocycles. The molecule has 0 radical (unpaired) electrons. The number of halogens is 1. The Bertz CT molecular complexity index is 523. The monoisotopic (exact) mass is 359 g/mol. The highest BCUT2D eigenvalue weighted by molar-refractivity contribution is 9.10. The third-order valence-corrected chi connectivity index (χ3v) is 2.76. The summed E-state index contributed by atoms with van der Waals surface area (Å²) in [5.74, 6) is -0.613. The second kappa shape index (κ2) is 8.49. The SMILES string of the molecule is CCNC(=S)N/N=C\c1cc(Br)ccc1OCC(=O)O. The molecule has 0 bridgehead atoms. The van der Waals surface area contributed by atoms with Crippen LogP contribution in [0.2, 0.25) is 0 Å². The first-order valence-electron chi connectivity index (χ1n) is 5.74. The fourth-order valence-electron chi connectivity index (χ4n) is 1.25. The van der Waals surface area contributed by atoms with Gasteiger partial charge in [-0.15, -0.1) is 0 Å². The van der Waals surface area contributed by atoms with E-state index in [1.165, 1.54) is 6.21 Å². The Hall–Kier alpha value is -1.67. The fraction of sp³-hybridized carbons (Fsp3) is 0.250. The van der Waals surface area contributed by atoms with Crippen molar-refractivity contribution in [1.82, 2.24) is 10.7 Å². The molecule has 20 heavy (non-hydrogen) atoms. The lowest BCUT2D eigenvalue weighted by Crippen LogP contribution is -2.31. The maximum atomic E-state index is 10.5. The van der Waals surface area contributed by atoms with E-state index in [1.54, 1.807) is 18.2 Å². The Kier molecular flexibility index (Phi) is 6.96. The predicted octanol–water partition coefficient (Wildman–Crippen LogP) is 1.73. The Morgan fingerprint density at radius 3 is 3.00 bits per heavy atom. The van der Waals surface area contributed by atoms with Gasteiger partial charge >= 0.3 is 5.97 Å². The van der Waals surface area contributed by atoms with Gasteiger partial charge in [-0.1, -0.05) is 15.9 Å². The number of thiocarbonyl (C=S) groups is 1. The van der Waals surface area contributed by atoms with E-state index in [9.17, 15) is 4.79 Å². The van der Waals surface area contributed by atoms with Gasteiger partial charge in [0.15, 0.2) is 11.7 Å². The summed E-state index contributed by atoms with van der Waals surface area (Å²) in [5, 5.41) is 15.9. The number of nitrogens with one attached hydrogen (secondary N) is 2. The number of carbonyl (C=O) groups is 1. The zero-order valence-electron chi connectivity index (χ0n) is 10.7. The molecule has 0 saturated carbocycles. The minimum atomic E-state index is -1.04. The normalized spacial score (nSPS) is 10.3. The van der Waals surface area contributed by atoms with E-state index in [0.717, 1.165) is 4.47 Å². The molecular weight excluding hydrogens is 346 g/mol. The first-order valence-corrected chi connectivity index (χ1v) is 6.94. The van der Waals surface area contributed by atoms with Gasteiger partial charge < -0.3 is 15.2 Å². The Morgan fingerprint density at radius 2 is 2.35 bits per heavy atom. The highest BCUT2D eigenvalue weighted by Gasteiger charge is 2.05. The Labute approximate surface area is 130 Å². The number of rotatable bonds is 6. The van der Waals surface area contributed by atoms with Crippen LogP contribution in [0.4, 0.5) is 0 Å². The summed E-state index contributed by atoms with van der Waals surface area (Å²) in [5.41, 5.74) is 3.28. The van der Waals surface area contributed by atoms with Crippen LogP contribution in [-0.2, 0) is 4.79 Å². The summed E-state index contributed by atoms with van der Waals surface area (Å²) in [6.45, 7) is 2.21. The molecule has 0 amide bonds. The van der Waals surface area contributed by atoms with Crippen molar-refractivity contribution in [2.75, 3.05) is 13.2 Å². The van der Waals surface area contributed by atoms with Crippen molar-refractivity contribution < 1.29 is 14.6 Å². The summed E-state index contributed by atoms with van der Waals surface area (Å²) < 4.78 is 6.00. The van der Waals surface area contributed by atoms with Crippen molar-refractivity contribution in [2.45, 2.75) is 6.92 Å². The quantitative estimate of drug-likeness (QED) is 0.407. The molecule has 0 atom stereocenters. The average molecular weight is 360 g/mol. The number of aliphatic carboxylic acids is 1. The van der Waals surface area contributed by atoms with Crippen LogP contribution in [0.5, 0.6) is 5.75 Å². The number of benzene rings is 1. The molecule has 3 N–H and O–H groups in total. The van der Waals surface area contributed by atoms with Crippen LogP contribution in [-0.4, -0.2) is 35.6 Å². The van der Waals surface area contributed by atoms with Crippen LogP contribution < -0.4 is 15.5 Å². The minimum absolute atomic E-state index is 0.409. The molecule has 108 valence electrons. The molecule has 6 nitrogen and oxygen atoms in total. The van der Waals surface area contributed by atoms with Crippen LogP contribution in [0.3, 0.4) is 0 Å². The van der Waals surface area contributed by atoms with Crippen LogP contribution >= 0.6 is 28.1 Å². The van der Waals surface area contributed by atoms with Gasteiger partial charge in [0.05, 0.1) is 6.21 Å². The molecule has 8 heteroatoms. The maximum absolute atomic E-state index is 10.5. The third-order valence-electron chi connectivity index (χ3n) is 2.03. The molecule has 1 rings (SSSR count). The second-order valence-electron chi connectivity index (χ2n) is 3.59. The molecule has 0 saturated heterocycles. The first-order chi connectivity index (χ1) is 9.52. The molecule has 0 unspecified atom stereocenters. The molecule has 1 aromatic rings. The second-order valence-corrected chi connectivity index (χ2v) is 4.92. The van der Waals surface area contributed by atoms with Crippen molar-refractivity contribution in [3.63, 3.8) is 0 Å². The van der Waals surface area contributed by atoms with E-state index < -0.39 is 12.6 Å². The third kappa shape index (κ3) is 5.98. The highest BCUT2D eigenvalue weighted by Crippen LogP contribution is 2.21. The number of hydrazone groups is 1. The van der Waals surface area contributed by atoms with E-state index in [-0.39, 0.29) is 0 Å². The fourth-order valence-corrected chi connectivity index (χ4v) is 1.83. The van der Waals surface area contributed by atoms with Crippen molar-refractivity contribution in [3.05, 3.63) is 28.2 Å². The summed E-state index contributed by atoms with van der Waals surface area (Å²) >= 11 is 8.29. The van der Waals surface area contributed by atoms with Gasteiger partial charge in [0.1, 0.15) is 5.75 Å². The van der Waals surface area contributed by atoms with Crippen molar-refractivity contribution >= 4 is 45.4 Å². The van der Waals surface area contributed by atoms with E-state index in [0.29, 0.717) is 23.0 Å². The van der Waals surface area contributed by atoms with Gasteiger partial charge in [0, 0.05) is 16.6 Å². The van der Waals surface area contributed by atoms with Gasteiger partial charge in [-0.05, 0) is 37.3 Å². The minimum Gasteiger partial charge on any atom is -0.481 e. The van der Waals surface area contributed by atoms with Crippen LogP contribution in [0, 0.1) is 0 Å². The van der Waals surface area contributed by atoms with Gasteiger partial charge in [0.2, 0.25) is 0 Å². The molecular formula is C12H14BrN3O3S. The van der Waals surface area contributed by atoms with Gasteiger partial charge in [-0.25, -0.2) is 4.79 Å². The summed E-state index contributed by atoms with van der Waals surface area (Å²) in [6.07, 6.45) is 1.51. The molecule has 1 aromatic carbocycles. The zero-order valence-corrected chi connectivity index (χ0v) is 13.1. The molecule has 0 aliphatic heterocycles. The Balaban J connectivity index is 2.75. The average Bonchev–Trinajstić information content (AvgIpc) is 2.38. The van der Waals surface area contributed by atoms with Gasteiger partial charge in [-0.3, -0.25) is 5.43 Å². The molecule has 0 spiro atoms. The zero-order chi connectivity index (χ0) is 15.0. The number of hydrogen-bond acceptors (Lipinski definition) is 4. The highest BCUT2D eigenvalue weighted by atomic mass is 79.9. The smallest absolute Gasteiger partial charge is 0.341 e. The number of hydrogen-bond donors (Lipinski definition) is 3. The standard InChI is InChI=1S/C12H14BrN3O3S/c1-2-14-12(20)16-15-6-8-5-9(13)3-4-10(8)19-7-11(17)18/h3-6H,2,7H2,1H3,(H,17,18)(H2,14,16,20)/b15-6-. The van der Waals surface area contributed by atoms with Crippen molar-refractivity contribution in [2.24, 2.45) is 5.10 Å². The summed E-state index contributed by atoms with van der Waals surface area (Å²) in [4.78, 5) is 10.5. The predicted molar refractivity (Wildman–Crippen MR) is 84.3 cm³/mol. The first kappa shape index (κ1) is 16.4. The molecule has 0 heterocycles. The lowest BCUT2D eigenvalue weighted by Gasteiger charge is -2.07. The van der Waals surface area contributed by atoms with E-state index in [4.69, 9.17) is 22.1 Å². The summed E-state index contributed by atoms with van der Waals surface area (Å²) in [7, 11) is 0. The summed E-state index contributed by atoms with van der Waals surface area (Å²) in [6, 6.07) is 5.18. The van der Waals surface area contributed by atoms with Gasteiger partial charge in [0.25, 0.3) is 0 Å². The van der Waals surface area contributed by atoms with Crippen LogP contribution in [0.1, 0.15) is 12.5 Å². The number of ether oxygens (including phenoxy) is 1. The van der Waals surface area contributed by atoms with E-state index in [2.05, 4.69) is 31.8 Å². The molecule has 0 aliphatic rings. The molecule has 0 aliphatic carbocycles. The van der Waals surface area contributed by atoms with Crippen molar-refractivity contribution in [1.29, 1.82) is 0 Å². The van der Waals surface area contributed by atoms with Crippen molar-refractivity contribution in [3.8, 4) is 5.75 Å². The van der Waals surface area contributed by atoms with Gasteiger partial charge in [-0.2, -0.15) is 5.10 Å². The van der Waals surface area contributed by atoms with E-state index in [1.807, 2.05) is 6.92 Å². The number of carboxylic acid groups (broad SMARTS) is 1. The van der Waals surface area contributed by atoms with Crippen LogP contribution in [0.15, 0.2) is 27.8 Å². The number of nitrogens with zero attached hydrogens (tertiary/aromatic N) is 1. The topological polar surface area (TPSA) is 83.0 Å². The lowest BCUT2D eigenvalue weighted by molar-refractivity contribution is -0.139. The largest absolute Gasteiger partial charge is 0.481 e. The number of carboxylic acids is 1. The Morgan fingerprint density at radius 1 is 1.60 bits per heavy atom. The molecule has 0 fully saturated rings. The van der Waals surface area contributed by atoms with Crippen LogP contribution in [0.25, 0.3) is 0 Å².